The second-order valence-electron chi connectivity index (χ2n) is 4.73. The molecule has 0 bridgehead atoms. The van der Waals surface area contributed by atoms with E-state index >= 15 is 0 Å². The minimum Gasteiger partial charge on any atom is -0.361 e. The number of Topliss-reactive ketones (excluding diaryl/α,β-unsaturated/α-hetero) is 1. The Morgan fingerprint density at radius 1 is 1.38 bits per heavy atom. The first kappa shape index (κ1) is 15.3. The number of aromatic nitrogens is 2. The molecule has 2 aromatic heterocycles. The lowest BCUT2D eigenvalue weighted by Crippen LogP contribution is -2.02. The average molecular weight is 301 g/mol. The summed E-state index contributed by atoms with van der Waals surface area (Å²) in [7, 11) is 0. The van der Waals surface area contributed by atoms with Crippen LogP contribution in [-0.2, 0) is 5.75 Å². The smallest absolute Gasteiger partial charge is 0.161 e. The van der Waals surface area contributed by atoms with Gasteiger partial charge in [0, 0.05) is 22.6 Å². The van der Waals surface area contributed by atoms with Gasteiger partial charge in [-0.2, -0.15) is 5.26 Å². The Morgan fingerprint density at radius 2 is 2.10 bits per heavy atom. The monoisotopic (exact) mass is 301 g/mol. The van der Waals surface area contributed by atoms with Gasteiger partial charge in [0.2, 0.25) is 0 Å². The number of carbonyl (C=O) groups excluding carboxylic acids is 1. The summed E-state index contributed by atoms with van der Waals surface area (Å²) in [5, 5.41) is 13.8. The summed E-state index contributed by atoms with van der Waals surface area (Å²) in [5.74, 6) is 1.32. The predicted octanol–water partition coefficient (Wildman–Crippen LogP) is 3.36. The first-order chi connectivity index (χ1) is 9.93. The maximum absolute atomic E-state index is 11.5. The van der Waals surface area contributed by atoms with Gasteiger partial charge in [-0.25, -0.2) is 4.98 Å². The van der Waals surface area contributed by atoms with Crippen LogP contribution in [0.15, 0.2) is 15.6 Å². The molecule has 0 aromatic carbocycles. The number of pyridine rings is 1. The molecule has 2 heterocycles. The van der Waals surface area contributed by atoms with Crippen molar-refractivity contribution in [3.8, 4) is 6.07 Å². The Kier molecular flexibility index (Phi) is 4.43. The van der Waals surface area contributed by atoms with Crippen LogP contribution < -0.4 is 0 Å². The fraction of sp³-hybridized carbons (Fsp3) is 0.333. The van der Waals surface area contributed by atoms with Gasteiger partial charge in [0.1, 0.15) is 16.9 Å². The third kappa shape index (κ3) is 3.14. The van der Waals surface area contributed by atoms with Crippen molar-refractivity contribution in [3.05, 3.63) is 39.9 Å². The molecule has 108 valence electrons. The number of nitrogens with zero attached hydrogens (tertiary/aromatic N) is 3. The highest BCUT2D eigenvalue weighted by Crippen LogP contribution is 2.28. The van der Waals surface area contributed by atoms with E-state index in [1.807, 2.05) is 13.8 Å². The van der Waals surface area contributed by atoms with Crippen LogP contribution in [0.2, 0.25) is 0 Å². The van der Waals surface area contributed by atoms with E-state index in [2.05, 4.69) is 16.2 Å². The molecule has 0 radical (unpaired) electrons. The molecule has 0 aliphatic rings. The summed E-state index contributed by atoms with van der Waals surface area (Å²) in [6, 6.07) is 3.71. The van der Waals surface area contributed by atoms with Crippen LogP contribution in [0, 0.1) is 32.1 Å². The van der Waals surface area contributed by atoms with Crippen molar-refractivity contribution in [1.29, 1.82) is 5.26 Å². The molecule has 0 aliphatic heterocycles. The van der Waals surface area contributed by atoms with Crippen LogP contribution in [0.4, 0.5) is 0 Å². The van der Waals surface area contributed by atoms with Gasteiger partial charge in [-0.15, -0.1) is 11.8 Å². The van der Waals surface area contributed by atoms with Crippen LogP contribution in [0.5, 0.6) is 0 Å². The molecule has 0 N–H and O–H groups in total. The minimum absolute atomic E-state index is 0.0845. The van der Waals surface area contributed by atoms with Gasteiger partial charge in [-0.05, 0) is 33.8 Å². The summed E-state index contributed by atoms with van der Waals surface area (Å²) in [5.41, 5.74) is 3.41. The number of nitriles is 1. The summed E-state index contributed by atoms with van der Waals surface area (Å²) in [6.07, 6.45) is 0. The third-order valence-electron chi connectivity index (χ3n) is 3.21. The van der Waals surface area contributed by atoms with E-state index in [0.717, 1.165) is 17.0 Å². The van der Waals surface area contributed by atoms with Gasteiger partial charge < -0.3 is 4.52 Å². The van der Waals surface area contributed by atoms with Gasteiger partial charge >= 0.3 is 0 Å². The van der Waals surface area contributed by atoms with Crippen LogP contribution in [0.1, 0.15) is 45.6 Å². The summed E-state index contributed by atoms with van der Waals surface area (Å²) < 4.78 is 5.12. The second kappa shape index (κ2) is 6.10. The maximum atomic E-state index is 11.5. The molecule has 0 spiro atoms. The van der Waals surface area contributed by atoms with Crippen molar-refractivity contribution in [3.63, 3.8) is 0 Å². The molecule has 0 atom stereocenters. The van der Waals surface area contributed by atoms with Crippen LogP contribution in [0.3, 0.4) is 0 Å². The van der Waals surface area contributed by atoms with E-state index in [1.165, 1.54) is 18.7 Å². The maximum Gasteiger partial charge on any atom is 0.161 e. The normalized spacial score (nSPS) is 10.4. The quantitative estimate of drug-likeness (QED) is 0.636. The topological polar surface area (TPSA) is 79.8 Å². The lowest BCUT2D eigenvalue weighted by molar-refractivity contribution is 0.101. The number of aryl methyl sites for hydroxylation is 3. The van der Waals surface area contributed by atoms with E-state index in [-0.39, 0.29) is 5.78 Å². The van der Waals surface area contributed by atoms with Gasteiger partial charge in [0.25, 0.3) is 0 Å². The second-order valence-corrected chi connectivity index (χ2v) is 5.70. The first-order valence-electron chi connectivity index (χ1n) is 6.41. The zero-order chi connectivity index (χ0) is 15.6. The Labute approximate surface area is 127 Å². The van der Waals surface area contributed by atoms with Crippen molar-refractivity contribution in [2.75, 3.05) is 0 Å². The molecular formula is C15H15N3O2S. The van der Waals surface area contributed by atoms with E-state index in [0.29, 0.717) is 27.6 Å². The molecule has 0 saturated heterocycles. The molecule has 2 rings (SSSR count). The summed E-state index contributed by atoms with van der Waals surface area (Å²) in [6.45, 7) is 6.99. The molecule has 0 aliphatic carbocycles. The fourth-order valence-electron chi connectivity index (χ4n) is 1.98. The number of hydrogen-bond acceptors (Lipinski definition) is 6. The lowest BCUT2D eigenvalue weighted by Gasteiger charge is -2.07. The Morgan fingerprint density at radius 3 is 2.62 bits per heavy atom. The zero-order valence-electron chi connectivity index (χ0n) is 12.4. The number of hydrogen-bond donors (Lipinski definition) is 0. The lowest BCUT2D eigenvalue weighted by atomic mass is 10.1. The summed E-state index contributed by atoms with van der Waals surface area (Å²) >= 11 is 1.45. The number of carbonyl (C=O) groups is 1. The number of thioether (sulfide) groups is 1. The Bertz CT molecular complexity index is 725. The highest BCUT2D eigenvalue weighted by atomic mass is 32.2. The molecule has 0 unspecified atom stereocenters. The van der Waals surface area contributed by atoms with Crippen molar-refractivity contribution in [1.82, 2.24) is 10.1 Å². The third-order valence-corrected chi connectivity index (χ3v) is 4.23. The van der Waals surface area contributed by atoms with Gasteiger partial charge in [0.15, 0.2) is 5.78 Å². The minimum atomic E-state index is -0.0845. The van der Waals surface area contributed by atoms with Gasteiger partial charge in [-0.1, -0.05) is 5.16 Å². The van der Waals surface area contributed by atoms with Crippen molar-refractivity contribution >= 4 is 17.5 Å². The molecular weight excluding hydrogens is 286 g/mol. The summed E-state index contributed by atoms with van der Waals surface area (Å²) in [4.78, 5) is 15.9. The average Bonchev–Trinajstić information content (AvgIpc) is 2.75. The van der Waals surface area contributed by atoms with E-state index in [4.69, 9.17) is 4.52 Å². The standard InChI is InChI=1S/C15H15N3O2S/c1-8-13(10(3)19)5-12(6-16)15(17-8)21-7-14-9(2)18-20-11(14)4/h5H,7H2,1-4H3. The Hall–Kier alpha value is -2.13. The van der Waals surface area contributed by atoms with Crippen molar-refractivity contribution < 1.29 is 9.32 Å². The van der Waals surface area contributed by atoms with Crippen molar-refractivity contribution in [2.24, 2.45) is 0 Å². The zero-order valence-corrected chi connectivity index (χ0v) is 13.2. The molecule has 6 heteroatoms. The molecule has 21 heavy (non-hydrogen) atoms. The molecule has 0 amide bonds. The largest absolute Gasteiger partial charge is 0.361 e. The Balaban J connectivity index is 2.31. The van der Waals surface area contributed by atoms with Crippen LogP contribution in [-0.4, -0.2) is 15.9 Å². The SMILES string of the molecule is CC(=O)c1cc(C#N)c(SCc2c(C)noc2C)nc1C. The van der Waals surface area contributed by atoms with Crippen molar-refractivity contribution in [2.45, 2.75) is 38.5 Å². The molecule has 0 saturated carbocycles. The molecule has 2 aromatic rings. The predicted molar refractivity (Wildman–Crippen MR) is 79.2 cm³/mol. The van der Waals surface area contributed by atoms with Crippen LogP contribution >= 0.6 is 11.8 Å². The highest BCUT2D eigenvalue weighted by molar-refractivity contribution is 7.98. The van der Waals surface area contributed by atoms with Gasteiger partial charge in [0.05, 0.1) is 11.3 Å². The van der Waals surface area contributed by atoms with E-state index in [1.54, 1.807) is 13.0 Å². The van der Waals surface area contributed by atoms with Gasteiger partial charge in [-0.3, -0.25) is 4.79 Å². The number of ketones is 1. The number of rotatable bonds is 4. The molecule has 0 fully saturated rings. The fourth-order valence-corrected chi connectivity index (χ4v) is 3.13. The van der Waals surface area contributed by atoms with E-state index in [9.17, 15) is 10.1 Å². The first-order valence-corrected chi connectivity index (χ1v) is 7.39. The van der Waals surface area contributed by atoms with Crippen LogP contribution in [0.25, 0.3) is 0 Å². The highest BCUT2D eigenvalue weighted by Gasteiger charge is 2.15. The molecule has 5 nitrogen and oxygen atoms in total. The van der Waals surface area contributed by atoms with E-state index < -0.39 is 0 Å².